The van der Waals surface area contributed by atoms with Gasteiger partial charge in [-0.3, -0.25) is 4.72 Å². The summed E-state index contributed by atoms with van der Waals surface area (Å²) in [6.07, 6.45) is 4.08. The number of hydrogen-bond donors (Lipinski definition) is 1. The van der Waals surface area contributed by atoms with Gasteiger partial charge in [0, 0.05) is 13.1 Å². The number of pyridine rings is 1. The van der Waals surface area contributed by atoms with Crippen LogP contribution in [0.1, 0.15) is 25.3 Å². The quantitative estimate of drug-likeness (QED) is 0.902. The minimum Gasteiger partial charge on any atom is -0.370 e. The number of hydrogen-bond acceptors (Lipinski definition) is 4. The van der Waals surface area contributed by atoms with Gasteiger partial charge in [0.15, 0.2) is 0 Å². The van der Waals surface area contributed by atoms with Gasteiger partial charge in [-0.15, -0.1) is 0 Å². The molecule has 0 bridgehead atoms. The molecule has 3 rings (SSSR count). The number of aryl methyl sites for hydroxylation is 1. The third-order valence-corrected chi connectivity index (χ3v) is 5.95. The van der Waals surface area contributed by atoms with Gasteiger partial charge >= 0.3 is 0 Å². The first-order valence-corrected chi connectivity index (χ1v) is 9.83. The van der Waals surface area contributed by atoms with Crippen LogP contribution in [0, 0.1) is 18.7 Å². The first-order chi connectivity index (χ1) is 11.8. The maximum Gasteiger partial charge on any atom is 0.263 e. The Morgan fingerprint density at radius 2 is 2.08 bits per heavy atom. The van der Waals surface area contributed by atoms with Gasteiger partial charge in [0.2, 0.25) is 0 Å². The number of rotatable bonds is 4. The van der Waals surface area contributed by atoms with Crippen molar-refractivity contribution in [2.24, 2.45) is 5.92 Å². The molecule has 25 heavy (non-hydrogen) atoms. The number of piperidine rings is 1. The zero-order valence-electron chi connectivity index (χ0n) is 14.4. The molecule has 1 unspecified atom stereocenters. The van der Waals surface area contributed by atoms with Crippen LogP contribution in [0.15, 0.2) is 41.4 Å². The topological polar surface area (TPSA) is 62.3 Å². The second kappa shape index (κ2) is 7.00. The first-order valence-electron chi connectivity index (χ1n) is 8.35. The minimum atomic E-state index is -3.80. The predicted molar refractivity (Wildman–Crippen MR) is 96.8 cm³/mol. The second-order valence-electron chi connectivity index (χ2n) is 6.61. The van der Waals surface area contributed by atoms with Crippen LogP contribution in [0.25, 0.3) is 0 Å². The Morgan fingerprint density at radius 1 is 1.28 bits per heavy atom. The maximum absolute atomic E-state index is 13.2. The first kappa shape index (κ1) is 17.7. The third kappa shape index (κ3) is 4.10. The standard InChI is InChI=1S/C18H22FN3O2S/c1-13-4-3-9-22(12-13)16-6-8-18(20-11-16)21-25(23,24)17-7-5-15(19)10-14(17)2/h5-8,10-11,13H,3-4,9,12H2,1-2H3,(H,20,21). The highest BCUT2D eigenvalue weighted by Crippen LogP contribution is 2.24. The highest BCUT2D eigenvalue weighted by molar-refractivity contribution is 7.92. The van der Waals surface area contributed by atoms with E-state index in [4.69, 9.17) is 0 Å². The summed E-state index contributed by atoms with van der Waals surface area (Å²) in [4.78, 5) is 6.54. The number of aromatic nitrogens is 1. The van der Waals surface area contributed by atoms with Crippen molar-refractivity contribution in [3.05, 3.63) is 47.9 Å². The number of sulfonamides is 1. The Bertz CT molecular complexity index is 853. The van der Waals surface area contributed by atoms with Gasteiger partial charge in [0.1, 0.15) is 11.6 Å². The van der Waals surface area contributed by atoms with Gasteiger partial charge in [0.05, 0.1) is 16.8 Å². The molecule has 1 aliphatic rings. The zero-order valence-corrected chi connectivity index (χ0v) is 15.2. The molecule has 1 N–H and O–H groups in total. The largest absolute Gasteiger partial charge is 0.370 e. The summed E-state index contributed by atoms with van der Waals surface area (Å²) in [7, 11) is -3.80. The molecule has 134 valence electrons. The molecule has 7 heteroatoms. The SMILES string of the molecule is Cc1cc(F)ccc1S(=O)(=O)Nc1ccc(N2CCCC(C)C2)cn1. The average Bonchev–Trinajstić information content (AvgIpc) is 2.54. The fourth-order valence-electron chi connectivity index (χ4n) is 3.16. The number of benzene rings is 1. The van der Waals surface area contributed by atoms with E-state index in [0.29, 0.717) is 11.5 Å². The van der Waals surface area contributed by atoms with Gasteiger partial charge in [-0.2, -0.15) is 0 Å². The molecule has 0 aliphatic carbocycles. The van der Waals surface area contributed by atoms with Crippen LogP contribution < -0.4 is 9.62 Å². The third-order valence-electron chi connectivity index (χ3n) is 4.44. The van der Waals surface area contributed by atoms with Crippen LogP contribution in [-0.2, 0) is 10.0 Å². The van der Waals surface area contributed by atoms with E-state index in [9.17, 15) is 12.8 Å². The van der Waals surface area contributed by atoms with Crippen molar-refractivity contribution in [2.75, 3.05) is 22.7 Å². The van der Waals surface area contributed by atoms with Crippen molar-refractivity contribution in [1.82, 2.24) is 4.98 Å². The van der Waals surface area contributed by atoms with Crippen molar-refractivity contribution in [2.45, 2.75) is 31.6 Å². The smallest absolute Gasteiger partial charge is 0.263 e. The fraction of sp³-hybridized carbons (Fsp3) is 0.389. The van der Waals surface area contributed by atoms with E-state index in [1.165, 1.54) is 18.6 Å². The molecule has 1 atom stereocenters. The molecule has 0 spiro atoms. The second-order valence-corrected chi connectivity index (χ2v) is 8.26. The molecule has 1 aromatic carbocycles. The van der Waals surface area contributed by atoms with E-state index in [1.807, 2.05) is 6.07 Å². The Morgan fingerprint density at radius 3 is 2.72 bits per heavy atom. The van der Waals surface area contributed by atoms with E-state index in [-0.39, 0.29) is 10.7 Å². The van der Waals surface area contributed by atoms with Gasteiger partial charge in [-0.1, -0.05) is 6.92 Å². The van der Waals surface area contributed by atoms with Crippen molar-refractivity contribution in [3.63, 3.8) is 0 Å². The minimum absolute atomic E-state index is 0.0460. The summed E-state index contributed by atoms with van der Waals surface area (Å²) in [5.74, 6) is 0.431. The van der Waals surface area contributed by atoms with E-state index in [1.54, 1.807) is 19.2 Å². The molecular formula is C18H22FN3O2S. The van der Waals surface area contributed by atoms with E-state index in [2.05, 4.69) is 21.5 Å². The van der Waals surface area contributed by atoms with Crippen LogP contribution in [0.2, 0.25) is 0 Å². The highest BCUT2D eigenvalue weighted by Gasteiger charge is 2.19. The number of nitrogens with zero attached hydrogens (tertiary/aromatic N) is 2. The van der Waals surface area contributed by atoms with Crippen LogP contribution in [0.4, 0.5) is 15.9 Å². The number of nitrogens with one attached hydrogen (secondary N) is 1. The van der Waals surface area contributed by atoms with Crippen LogP contribution in [-0.4, -0.2) is 26.5 Å². The predicted octanol–water partition coefficient (Wildman–Crippen LogP) is 3.57. The molecular weight excluding hydrogens is 341 g/mol. The molecule has 2 aromatic rings. The average molecular weight is 363 g/mol. The molecule has 1 aromatic heterocycles. The lowest BCUT2D eigenvalue weighted by molar-refractivity contribution is 0.446. The molecule has 1 aliphatic heterocycles. The van der Waals surface area contributed by atoms with E-state index in [0.717, 1.165) is 31.3 Å². The number of halogens is 1. The van der Waals surface area contributed by atoms with Gasteiger partial charge < -0.3 is 4.90 Å². The van der Waals surface area contributed by atoms with Crippen molar-refractivity contribution in [3.8, 4) is 0 Å². The summed E-state index contributed by atoms with van der Waals surface area (Å²) in [6.45, 7) is 5.77. The molecule has 0 saturated carbocycles. The van der Waals surface area contributed by atoms with Crippen molar-refractivity contribution >= 4 is 21.5 Å². The lowest BCUT2D eigenvalue weighted by atomic mass is 10.00. The normalized spacial score (nSPS) is 18.2. The summed E-state index contributed by atoms with van der Waals surface area (Å²) in [5, 5.41) is 0. The lowest BCUT2D eigenvalue weighted by Crippen LogP contribution is -2.34. The molecule has 0 amide bonds. The van der Waals surface area contributed by atoms with Gasteiger partial charge in [-0.25, -0.2) is 17.8 Å². The maximum atomic E-state index is 13.2. The highest BCUT2D eigenvalue weighted by atomic mass is 32.2. The van der Waals surface area contributed by atoms with Gasteiger partial charge in [-0.05, 0) is 61.6 Å². The summed E-state index contributed by atoms with van der Waals surface area (Å²) in [6, 6.07) is 7.13. The van der Waals surface area contributed by atoms with E-state index < -0.39 is 15.8 Å². The van der Waals surface area contributed by atoms with Crippen LogP contribution in [0.5, 0.6) is 0 Å². The van der Waals surface area contributed by atoms with E-state index >= 15 is 0 Å². The summed E-state index contributed by atoms with van der Waals surface area (Å²) in [5.41, 5.74) is 1.35. The number of anilines is 2. The molecule has 0 radical (unpaired) electrons. The molecule has 1 fully saturated rings. The lowest BCUT2D eigenvalue weighted by Gasteiger charge is -2.32. The zero-order chi connectivity index (χ0) is 18.0. The Hall–Kier alpha value is -2.15. The van der Waals surface area contributed by atoms with Crippen molar-refractivity contribution in [1.29, 1.82) is 0 Å². The Kier molecular flexibility index (Phi) is 4.94. The Balaban J connectivity index is 1.76. The van der Waals surface area contributed by atoms with Crippen LogP contribution in [0.3, 0.4) is 0 Å². The molecule has 2 heterocycles. The van der Waals surface area contributed by atoms with Gasteiger partial charge in [0.25, 0.3) is 10.0 Å². The summed E-state index contributed by atoms with van der Waals surface area (Å²) >= 11 is 0. The molecule has 1 saturated heterocycles. The molecule has 5 nitrogen and oxygen atoms in total. The van der Waals surface area contributed by atoms with Crippen LogP contribution >= 0.6 is 0 Å². The Labute approximate surface area is 147 Å². The fourth-order valence-corrected chi connectivity index (χ4v) is 4.40. The van der Waals surface area contributed by atoms with Crippen molar-refractivity contribution < 1.29 is 12.8 Å². The summed E-state index contributed by atoms with van der Waals surface area (Å²) < 4.78 is 40.6. The monoisotopic (exact) mass is 363 g/mol.